The zero-order valence-electron chi connectivity index (χ0n) is 13.1. The fourth-order valence-electron chi connectivity index (χ4n) is 2.06. The Kier molecular flexibility index (Phi) is 5.77. The van der Waals surface area contributed by atoms with Crippen molar-refractivity contribution >= 4 is 17.4 Å². The predicted octanol–water partition coefficient (Wildman–Crippen LogP) is 2.81. The Hall–Kier alpha value is -2.08. The molecule has 0 aliphatic rings. The van der Waals surface area contributed by atoms with Crippen LogP contribution in [0.3, 0.4) is 0 Å². The van der Waals surface area contributed by atoms with Gasteiger partial charge in [0.15, 0.2) is 0 Å². The predicted molar refractivity (Wildman–Crippen MR) is 88.5 cm³/mol. The van der Waals surface area contributed by atoms with Gasteiger partial charge in [-0.25, -0.2) is 9.78 Å². The topological polar surface area (TPSA) is 63.2 Å². The van der Waals surface area contributed by atoms with E-state index in [-0.39, 0.29) is 6.03 Å². The van der Waals surface area contributed by atoms with Gasteiger partial charge in [0.05, 0.1) is 18.7 Å². The van der Waals surface area contributed by atoms with Crippen LogP contribution in [0.4, 0.5) is 4.79 Å². The van der Waals surface area contributed by atoms with Crippen LogP contribution in [0, 0.1) is 13.8 Å². The monoisotopic (exact) mass is 319 g/mol. The molecule has 0 aliphatic carbocycles. The van der Waals surface area contributed by atoms with Crippen LogP contribution in [0.1, 0.15) is 21.0 Å². The number of nitrogens with zero attached hydrogens (tertiary/aromatic N) is 1. The van der Waals surface area contributed by atoms with Gasteiger partial charge in [-0.2, -0.15) is 0 Å². The summed E-state index contributed by atoms with van der Waals surface area (Å²) in [6.07, 6.45) is 2.56. The van der Waals surface area contributed by atoms with Crippen molar-refractivity contribution in [3.8, 4) is 5.75 Å². The Morgan fingerprint density at radius 2 is 2.14 bits per heavy atom. The molecule has 22 heavy (non-hydrogen) atoms. The van der Waals surface area contributed by atoms with Crippen molar-refractivity contribution in [3.05, 3.63) is 45.4 Å². The lowest BCUT2D eigenvalue weighted by Crippen LogP contribution is -2.36. The Bertz CT molecular complexity index is 640. The summed E-state index contributed by atoms with van der Waals surface area (Å²) in [5.74, 6) is 0.877. The molecule has 6 heteroatoms. The molecule has 2 rings (SSSR count). The molecule has 0 aliphatic heterocycles. The quantitative estimate of drug-likeness (QED) is 0.860. The maximum Gasteiger partial charge on any atom is 0.315 e. The van der Waals surface area contributed by atoms with Crippen molar-refractivity contribution in [1.82, 2.24) is 15.6 Å². The highest BCUT2D eigenvalue weighted by molar-refractivity contribution is 7.11. The van der Waals surface area contributed by atoms with E-state index in [1.165, 1.54) is 0 Å². The number of hydrogen-bond donors (Lipinski definition) is 2. The summed E-state index contributed by atoms with van der Waals surface area (Å²) in [6.45, 7) is 5.05. The summed E-state index contributed by atoms with van der Waals surface area (Å²) < 4.78 is 5.30. The zero-order valence-corrected chi connectivity index (χ0v) is 13.9. The third-order valence-corrected chi connectivity index (χ3v) is 4.18. The minimum Gasteiger partial charge on any atom is -0.496 e. The third kappa shape index (κ3) is 4.73. The number of aromatic nitrogens is 1. The van der Waals surface area contributed by atoms with Crippen LogP contribution in [-0.2, 0) is 13.0 Å². The number of carbonyl (C=O) groups excluding carboxylic acids is 1. The molecule has 0 saturated heterocycles. The Morgan fingerprint density at radius 3 is 2.82 bits per heavy atom. The number of urea groups is 1. The highest BCUT2D eigenvalue weighted by Crippen LogP contribution is 2.19. The molecule has 0 radical (unpaired) electrons. The fraction of sp³-hybridized carbons (Fsp3) is 0.375. The van der Waals surface area contributed by atoms with Gasteiger partial charge in [0.25, 0.3) is 0 Å². The van der Waals surface area contributed by atoms with Crippen molar-refractivity contribution in [3.63, 3.8) is 0 Å². The molecule has 2 aromatic rings. The number of benzene rings is 1. The van der Waals surface area contributed by atoms with Gasteiger partial charge in [-0.3, -0.25) is 0 Å². The van der Waals surface area contributed by atoms with Crippen LogP contribution in [0.25, 0.3) is 0 Å². The first kappa shape index (κ1) is 16.3. The average Bonchev–Trinajstić information content (AvgIpc) is 2.92. The fourth-order valence-corrected chi connectivity index (χ4v) is 2.79. The first-order valence-electron chi connectivity index (χ1n) is 7.15. The van der Waals surface area contributed by atoms with Crippen LogP contribution in [0.5, 0.6) is 5.75 Å². The van der Waals surface area contributed by atoms with Crippen LogP contribution in [-0.4, -0.2) is 24.7 Å². The van der Waals surface area contributed by atoms with Crippen molar-refractivity contribution < 1.29 is 9.53 Å². The number of aryl methyl sites for hydroxylation is 2. The Labute approximate surface area is 134 Å². The molecule has 2 N–H and O–H groups in total. The van der Waals surface area contributed by atoms with Crippen molar-refractivity contribution in [2.24, 2.45) is 0 Å². The van der Waals surface area contributed by atoms with Gasteiger partial charge in [-0.1, -0.05) is 12.1 Å². The number of amides is 2. The summed E-state index contributed by atoms with van der Waals surface area (Å²) in [5.41, 5.74) is 2.25. The number of hydrogen-bond acceptors (Lipinski definition) is 4. The van der Waals surface area contributed by atoms with E-state index in [1.807, 2.05) is 26.0 Å². The van der Waals surface area contributed by atoms with Gasteiger partial charge in [0, 0.05) is 17.6 Å². The number of carbonyl (C=O) groups is 1. The van der Waals surface area contributed by atoms with E-state index in [9.17, 15) is 4.79 Å². The molecule has 0 unspecified atom stereocenters. The molecule has 1 heterocycles. The molecule has 0 spiro atoms. The molecule has 0 fully saturated rings. The lowest BCUT2D eigenvalue weighted by molar-refractivity contribution is 0.240. The van der Waals surface area contributed by atoms with E-state index in [1.54, 1.807) is 24.6 Å². The van der Waals surface area contributed by atoms with Crippen molar-refractivity contribution in [2.45, 2.75) is 26.8 Å². The molecule has 118 valence electrons. The smallest absolute Gasteiger partial charge is 0.315 e. The van der Waals surface area contributed by atoms with Crippen molar-refractivity contribution in [1.29, 1.82) is 0 Å². The highest BCUT2D eigenvalue weighted by Gasteiger charge is 2.04. The van der Waals surface area contributed by atoms with Crippen LogP contribution < -0.4 is 15.4 Å². The van der Waals surface area contributed by atoms with Gasteiger partial charge in [0.1, 0.15) is 5.75 Å². The van der Waals surface area contributed by atoms with Gasteiger partial charge >= 0.3 is 6.03 Å². The van der Waals surface area contributed by atoms with Crippen LogP contribution in [0.2, 0.25) is 0 Å². The molecule has 0 saturated carbocycles. The van der Waals surface area contributed by atoms with E-state index in [2.05, 4.69) is 21.7 Å². The highest BCUT2D eigenvalue weighted by atomic mass is 32.1. The van der Waals surface area contributed by atoms with E-state index in [4.69, 9.17) is 4.74 Å². The number of thiazole rings is 1. The third-order valence-electron chi connectivity index (χ3n) is 3.26. The zero-order chi connectivity index (χ0) is 15.9. The number of ether oxygens (including phenoxy) is 1. The maximum absolute atomic E-state index is 11.7. The van der Waals surface area contributed by atoms with Crippen LogP contribution >= 0.6 is 11.3 Å². The number of nitrogens with one attached hydrogen (secondary N) is 2. The standard InChI is InChI=1S/C16H21N3O2S/c1-11-4-5-13(8-15(11)21-3)6-7-17-16(20)19-10-14-9-18-12(2)22-14/h4-5,8-9H,6-7,10H2,1-3H3,(H2,17,19,20). The second-order valence-electron chi connectivity index (χ2n) is 5.01. The van der Waals surface area contributed by atoms with Crippen LogP contribution in [0.15, 0.2) is 24.4 Å². The van der Waals surface area contributed by atoms with Gasteiger partial charge in [-0.05, 0) is 37.5 Å². The second-order valence-corrected chi connectivity index (χ2v) is 6.33. The van der Waals surface area contributed by atoms with E-state index in [0.29, 0.717) is 13.1 Å². The largest absolute Gasteiger partial charge is 0.496 e. The number of methoxy groups -OCH3 is 1. The lowest BCUT2D eigenvalue weighted by Gasteiger charge is -2.09. The summed E-state index contributed by atoms with van der Waals surface area (Å²) in [5, 5.41) is 6.68. The van der Waals surface area contributed by atoms with Gasteiger partial charge in [0.2, 0.25) is 0 Å². The summed E-state index contributed by atoms with van der Waals surface area (Å²) >= 11 is 1.59. The van der Waals surface area contributed by atoms with Crippen molar-refractivity contribution in [2.75, 3.05) is 13.7 Å². The lowest BCUT2D eigenvalue weighted by atomic mass is 10.1. The molecular weight excluding hydrogens is 298 g/mol. The molecule has 1 aromatic heterocycles. The summed E-state index contributed by atoms with van der Waals surface area (Å²) in [4.78, 5) is 16.9. The van der Waals surface area contributed by atoms with E-state index < -0.39 is 0 Å². The van der Waals surface area contributed by atoms with E-state index in [0.717, 1.165) is 33.2 Å². The molecular formula is C16H21N3O2S. The minimum atomic E-state index is -0.162. The first-order valence-corrected chi connectivity index (χ1v) is 7.96. The summed E-state index contributed by atoms with van der Waals surface area (Å²) in [7, 11) is 1.67. The van der Waals surface area contributed by atoms with Gasteiger partial charge < -0.3 is 15.4 Å². The molecule has 1 aromatic carbocycles. The van der Waals surface area contributed by atoms with E-state index >= 15 is 0 Å². The van der Waals surface area contributed by atoms with Gasteiger partial charge in [-0.15, -0.1) is 11.3 Å². The average molecular weight is 319 g/mol. The number of rotatable bonds is 6. The first-order chi connectivity index (χ1) is 10.6. The molecule has 0 bridgehead atoms. The summed E-state index contributed by atoms with van der Waals surface area (Å²) in [6, 6.07) is 5.93. The molecule has 2 amide bonds. The SMILES string of the molecule is COc1cc(CCNC(=O)NCc2cnc(C)s2)ccc1C. The second kappa shape index (κ2) is 7.79. The maximum atomic E-state index is 11.7. The molecule has 5 nitrogen and oxygen atoms in total. The Balaban J connectivity index is 1.72. The Morgan fingerprint density at radius 1 is 1.32 bits per heavy atom. The minimum absolute atomic E-state index is 0.162. The normalized spacial score (nSPS) is 10.3. The molecule has 0 atom stereocenters.